The minimum Gasteiger partial charge on any atom is -0.334 e. The molecule has 0 aliphatic heterocycles. The molecule has 3 nitrogen and oxygen atoms in total. The largest absolute Gasteiger partial charge is 0.334 e. The summed E-state index contributed by atoms with van der Waals surface area (Å²) in [5.74, 6) is 0. The van der Waals surface area contributed by atoms with Crippen molar-refractivity contribution in [1.82, 2.24) is 10.6 Å². The van der Waals surface area contributed by atoms with Crippen molar-refractivity contribution < 1.29 is 4.79 Å². The highest BCUT2D eigenvalue weighted by molar-refractivity contribution is 9.10. The van der Waals surface area contributed by atoms with E-state index in [-0.39, 0.29) is 6.03 Å². The molecule has 0 saturated carbocycles. The standard InChI is InChI=1S/C16H14BrClN2O/c17-14-5-1-13(2-6-14)11-20-16(21)19-10-9-12-3-7-15(18)8-4-12/h1-10H,11H2,(H2,19,20,21)/b10-9+. The fourth-order valence-electron chi connectivity index (χ4n) is 1.62. The smallest absolute Gasteiger partial charge is 0.319 e. The average molecular weight is 366 g/mol. The molecule has 2 rings (SSSR count). The molecule has 0 fully saturated rings. The zero-order valence-electron chi connectivity index (χ0n) is 11.1. The molecule has 0 bridgehead atoms. The Morgan fingerprint density at radius 1 is 1.10 bits per heavy atom. The first-order chi connectivity index (χ1) is 10.1. The number of amides is 2. The maximum absolute atomic E-state index is 11.6. The number of carbonyl (C=O) groups is 1. The fourth-order valence-corrected chi connectivity index (χ4v) is 2.01. The number of hydrogen-bond donors (Lipinski definition) is 2. The molecule has 21 heavy (non-hydrogen) atoms. The van der Waals surface area contributed by atoms with Crippen LogP contribution in [0.1, 0.15) is 11.1 Å². The fraction of sp³-hybridized carbons (Fsp3) is 0.0625. The maximum Gasteiger partial charge on any atom is 0.319 e. The lowest BCUT2D eigenvalue weighted by Crippen LogP contribution is -2.31. The number of halogens is 2. The Labute approximate surface area is 137 Å². The Bertz CT molecular complexity index is 624. The molecule has 2 aromatic rings. The van der Waals surface area contributed by atoms with Crippen LogP contribution in [0.2, 0.25) is 5.02 Å². The van der Waals surface area contributed by atoms with Gasteiger partial charge in [0.05, 0.1) is 0 Å². The van der Waals surface area contributed by atoms with E-state index in [1.807, 2.05) is 36.4 Å². The van der Waals surface area contributed by atoms with Crippen LogP contribution in [-0.2, 0) is 6.54 Å². The first kappa shape index (κ1) is 15.6. The van der Waals surface area contributed by atoms with Crippen LogP contribution < -0.4 is 10.6 Å². The lowest BCUT2D eigenvalue weighted by molar-refractivity contribution is 0.244. The van der Waals surface area contributed by atoms with Gasteiger partial charge in [-0.05, 0) is 41.5 Å². The summed E-state index contributed by atoms with van der Waals surface area (Å²) in [6, 6.07) is 14.9. The summed E-state index contributed by atoms with van der Waals surface area (Å²) >= 11 is 9.17. The van der Waals surface area contributed by atoms with E-state index in [4.69, 9.17) is 11.6 Å². The van der Waals surface area contributed by atoms with E-state index in [1.54, 1.807) is 24.4 Å². The Morgan fingerprint density at radius 2 is 1.76 bits per heavy atom. The molecular formula is C16H14BrClN2O. The van der Waals surface area contributed by atoms with Gasteiger partial charge < -0.3 is 10.6 Å². The summed E-state index contributed by atoms with van der Waals surface area (Å²) < 4.78 is 1.02. The van der Waals surface area contributed by atoms with Gasteiger partial charge in [-0.2, -0.15) is 0 Å². The van der Waals surface area contributed by atoms with Crippen LogP contribution in [0.5, 0.6) is 0 Å². The highest BCUT2D eigenvalue weighted by Crippen LogP contribution is 2.11. The minimum absolute atomic E-state index is 0.247. The normalized spacial score (nSPS) is 10.6. The molecule has 0 aliphatic carbocycles. The minimum atomic E-state index is -0.247. The monoisotopic (exact) mass is 364 g/mol. The lowest BCUT2D eigenvalue weighted by Gasteiger charge is -2.04. The van der Waals surface area contributed by atoms with Crippen LogP contribution in [0.15, 0.2) is 59.2 Å². The summed E-state index contributed by atoms with van der Waals surface area (Å²) in [5.41, 5.74) is 2.00. The van der Waals surface area contributed by atoms with Gasteiger partial charge in [0.2, 0.25) is 0 Å². The summed E-state index contributed by atoms with van der Waals surface area (Å²) in [4.78, 5) is 11.6. The Balaban J connectivity index is 1.77. The SMILES string of the molecule is O=C(N/C=C/c1ccc(Cl)cc1)NCc1ccc(Br)cc1. The quantitative estimate of drug-likeness (QED) is 0.818. The van der Waals surface area contributed by atoms with Crippen molar-refractivity contribution in [3.63, 3.8) is 0 Å². The third kappa shape index (κ3) is 5.61. The molecule has 108 valence electrons. The van der Waals surface area contributed by atoms with Gasteiger partial charge in [-0.25, -0.2) is 4.79 Å². The maximum atomic E-state index is 11.6. The molecule has 0 atom stereocenters. The van der Waals surface area contributed by atoms with Crippen molar-refractivity contribution in [2.45, 2.75) is 6.54 Å². The Morgan fingerprint density at radius 3 is 2.43 bits per heavy atom. The molecule has 5 heteroatoms. The van der Waals surface area contributed by atoms with Crippen molar-refractivity contribution >= 4 is 39.6 Å². The third-order valence-corrected chi connectivity index (χ3v) is 3.51. The molecule has 2 N–H and O–H groups in total. The van der Waals surface area contributed by atoms with E-state index in [0.29, 0.717) is 11.6 Å². The van der Waals surface area contributed by atoms with E-state index in [0.717, 1.165) is 15.6 Å². The second-order valence-corrected chi connectivity index (χ2v) is 5.69. The number of urea groups is 1. The molecule has 2 aromatic carbocycles. The number of rotatable bonds is 4. The lowest BCUT2D eigenvalue weighted by atomic mass is 10.2. The van der Waals surface area contributed by atoms with Gasteiger partial charge in [0, 0.05) is 22.2 Å². The van der Waals surface area contributed by atoms with Crippen LogP contribution >= 0.6 is 27.5 Å². The van der Waals surface area contributed by atoms with E-state index >= 15 is 0 Å². The Hall–Kier alpha value is -1.78. The van der Waals surface area contributed by atoms with E-state index in [9.17, 15) is 4.79 Å². The molecule has 0 aromatic heterocycles. The molecular weight excluding hydrogens is 352 g/mol. The van der Waals surface area contributed by atoms with Crippen molar-refractivity contribution in [2.24, 2.45) is 0 Å². The highest BCUT2D eigenvalue weighted by atomic mass is 79.9. The molecule has 0 heterocycles. The molecule has 0 spiro atoms. The van der Waals surface area contributed by atoms with Gasteiger partial charge in [0.25, 0.3) is 0 Å². The van der Waals surface area contributed by atoms with Crippen LogP contribution in [0, 0.1) is 0 Å². The predicted molar refractivity (Wildman–Crippen MR) is 90.0 cm³/mol. The van der Waals surface area contributed by atoms with Gasteiger partial charge in [0.15, 0.2) is 0 Å². The molecule has 0 radical (unpaired) electrons. The first-order valence-corrected chi connectivity index (χ1v) is 7.51. The summed E-state index contributed by atoms with van der Waals surface area (Å²) in [5, 5.41) is 6.12. The average Bonchev–Trinajstić information content (AvgIpc) is 2.49. The van der Waals surface area contributed by atoms with Gasteiger partial charge in [-0.3, -0.25) is 0 Å². The van der Waals surface area contributed by atoms with Crippen molar-refractivity contribution in [2.75, 3.05) is 0 Å². The molecule has 0 saturated heterocycles. The molecule has 0 aliphatic rings. The van der Waals surface area contributed by atoms with Crippen molar-refractivity contribution in [3.8, 4) is 0 Å². The number of nitrogens with one attached hydrogen (secondary N) is 2. The zero-order chi connectivity index (χ0) is 15.1. The number of benzene rings is 2. The van der Waals surface area contributed by atoms with Gasteiger partial charge in [-0.1, -0.05) is 51.8 Å². The van der Waals surface area contributed by atoms with Gasteiger partial charge in [-0.15, -0.1) is 0 Å². The van der Waals surface area contributed by atoms with Gasteiger partial charge >= 0.3 is 6.03 Å². The van der Waals surface area contributed by atoms with E-state index in [2.05, 4.69) is 26.6 Å². The van der Waals surface area contributed by atoms with Crippen LogP contribution in [0.4, 0.5) is 4.79 Å². The van der Waals surface area contributed by atoms with E-state index < -0.39 is 0 Å². The second-order valence-electron chi connectivity index (χ2n) is 4.34. The van der Waals surface area contributed by atoms with Crippen LogP contribution in [0.25, 0.3) is 6.08 Å². The third-order valence-electron chi connectivity index (χ3n) is 2.73. The molecule has 0 unspecified atom stereocenters. The van der Waals surface area contributed by atoms with Crippen LogP contribution in [-0.4, -0.2) is 6.03 Å². The number of hydrogen-bond acceptors (Lipinski definition) is 1. The van der Waals surface area contributed by atoms with E-state index in [1.165, 1.54) is 0 Å². The zero-order valence-corrected chi connectivity index (χ0v) is 13.5. The summed E-state index contributed by atoms with van der Waals surface area (Å²) in [6.07, 6.45) is 3.40. The van der Waals surface area contributed by atoms with Gasteiger partial charge in [0.1, 0.15) is 0 Å². The number of carbonyl (C=O) groups excluding carboxylic acids is 1. The second kappa shape index (κ2) is 7.86. The first-order valence-electron chi connectivity index (χ1n) is 6.34. The summed E-state index contributed by atoms with van der Waals surface area (Å²) in [6.45, 7) is 0.480. The predicted octanol–water partition coefficient (Wildman–Crippen LogP) is 4.57. The van der Waals surface area contributed by atoms with Crippen molar-refractivity contribution in [3.05, 3.63) is 75.4 Å². The summed E-state index contributed by atoms with van der Waals surface area (Å²) in [7, 11) is 0. The molecule has 2 amide bonds. The van der Waals surface area contributed by atoms with Crippen LogP contribution in [0.3, 0.4) is 0 Å². The Kier molecular flexibility index (Phi) is 5.84. The highest BCUT2D eigenvalue weighted by Gasteiger charge is 1.98. The van der Waals surface area contributed by atoms with Crippen molar-refractivity contribution in [1.29, 1.82) is 0 Å². The topological polar surface area (TPSA) is 41.1 Å².